The van der Waals surface area contributed by atoms with E-state index >= 15 is 0 Å². The van der Waals surface area contributed by atoms with Gasteiger partial charge in [-0.1, -0.05) is 19.1 Å². The largest absolute Gasteiger partial charge is 0.484 e. The lowest BCUT2D eigenvalue weighted by molar-refractivity contribution is -0.123. The van der Waals surface area contributed by atoms with Crippen molar-refractivity contribution >= 4 is 33.2 Å². The second-order valence-electron chi connectivity index (χ2n) is 5.77. The fraction of sp³-hybridized carbons (Fsp3) is 0.250. The van der Waals surface area contributed by atoms with E-state index in [1.54, 1.807) is 35.6 Å². The van der Waals surface area contributed by atoms with Crippen LogP contribution in [0.1, 0.15) is 28.7 Å². The summed E-state index contributed by atoms with van der Waals surface area (Å²) in [6.07, 6.45) is 1.16. The van der Waals surface area contributed by atoms with Crippen molar-refractivity contribution < 1.29 is 14.3 Å². The maximum absolute atomic E-state index is 11.9. The number of hydrogen-bond acceptors (Lipinski definition) is 5. The Kier molecular flexibility index (Phi) is 5.96. The number of ketones is 1. The summed E-state index contributed by atoms with van der Waals surface area (Å²) in [5.74, 6) is 0.475. The van der Waals surface area contributed by atoms with Crippen molar-refractivity contribution in [1.29, 1.82) is 0 Å². The third kappa shape index (κ3) is 4.67. The van der Waals surface area contributed by atoms with Gasteiger partial charge in [0.05, 0.1) is 15.2 Å². The van der Waals surface area contributed by atoms with Crippen LogP contribution >= 0.6 is 11.3 Å². The summed E-state index contributed by atoms with van der Waals surface area (Å²) < 4.78 is 6.61. The van der Waals surface area contributed by atoms with E-state index in [0.717, 1.165) is 15.2 Å². The van der Waals surface area contributed by atoms with Gasteiger partial charge < -0.3 is 10.1 Å². The number of amides is 1. The van der Waals surface area contributed by atoms with Gasteiger partial charge in [-0.3, -0.25) is 9.59 Å². The Hall–Kier alpha value is -2.73. The highest BCUT2D eigenvalue weighted by Crippen LogP contribution is 2.21. The smallest absolute Gasteiger partial charge is 0.257 e. The SMILES string of the molecule is CCC(=O)c1ccc(OCC(=O)NCCc2nc3ccccc3s2)cc1. The van der Waals surface area contributed by atoms with Crippen LogP contribution in [0.25, 0.3) is 10.2 Å². The zero-order valence-electron chi connectivity index (χ0n) is 14.5. The molecule has 1 amide bonds. The molecule has 0 saturated heterocycles. The van der Waals surface area contributed by atoms with Crippen molar-refractivity contribution in [2.45, 2.75) is 19.8 Å². The predicted octanol–water partition coefficient (Wildman–Crippen LogP) is 3.63. The molecule has 0 unspecified atom stereocenters. The van der Waals surface area contributed by atoms with Gasteiger partial charge in [-0.05, 0) is 36.4 Å². The van der Waals surface area contributed by atoms with Crippen LogP contribution in [-0.4, -0.2) is 29.8 Å². The third-order valence-corrected chi connectivity index (χ3v) is 4.96. The van der Waals surface area contributed by atoms with Crippen molar-refractivity contribution in [2.24, 2.45) is 0 Å². The molecule has 1 aromatic heterocycles. The number of Topliss-reactive ketones (excluding diaryl/α,β-unsaturated/α-hetero) is 1. The molecule has 0 bridgehead atoms. The first-order chi connectivity index (χ1) is 12.7. The van der Waals surface area contributed by atoms with E-state index in [0.29, 0.717) is 30.7 Å². The van der Waals surface area contributed by atoms with Gasteiger partial charge in [0.25, 0.3) is 5.91 Å². The molecule has 0 atom stereocenters. The molecule has 0 aliphatic heterocycles. The molecule has 0 aliphatic rings. The van der Waals surface area contributed by atoms with Gasteiger partial charge in [-0.25, -0.2) is 4.98 Å². The summed E-state index contributed by atoms with van der Waals surface area (Å²) in [5, 5.41) is 3.84. The Morgan fingerprint density at radius 1 is 1.12 bits per heavy atom. The molecular formula is C20H20N2O3S. The molecule has 0 saturated carbocycles. The van der Waals surface area contributed by atoms with E-state index in [9.17, 15) is 9.59 Å². The summed E-state index contributed by atoms with van der Waals surface area (Å²) in [4.78, 5) is 28.0. The normalized spacial score (nSPS) is 10.7. The van der Waals surface area contributed by atoms with E-state index in [1.807, 2.05) is 31.2 Å². The van der Waals surface area contributed by atoms with Crippen LogP contribution in [0.15, 0.2) is 48.5 Å². The summed E-state index contributed by atoms with van der Waals surface area (Å²) in [6.45, 7) is 2.29. The van der Waals surface area contributed by atoms with E-state index in [1.165, 1.54) is 0 Å². The number of thiazole rings is 1. The molecule has 1 N–H and O–H groups in total. The summed E-state index contributed by atoms with van der Waals surface area (Å²) in [5.41, 5.74) is 1.65. The van der Waals surface area contributed by atoms with Crippen LogP contribution in [-0.2, 0) is 11.2 Å². The number of nitrogens with zero attached hydrogens (tertiary/aromatic N) is 1. The lowest BCUT2D eigenvalue weighted by Crippen LogP contribution is -2.30. The maximum Gasteiger partial charge on any atom is 0.257 e. The number of rotatable bonds is 8. The second-order valence-corrected chi connectivity index (χ2v) is 6.88. The average Bonchev–Trinajstić information content (AvgIpc) is 3.09. The zero-order chi connectivity index (χ0) is 18.4. The van der Waals surface area contributed by atoms with Gasteiger partial charge in [0, 0.05) is 24.9 Å². The Balaban J connectivity index is 1.42. The van der Waals surface area contributed by atoms with E-state index < -0.39 is 0 Å². The molecule has 0 radical (unpaired) electrons. The molecule has 5 nitrogen and oxygen atoms in total. The topological polar surface area (TPSA) is 68.3 Å². The molecule has 2 aromatic carbocycles. The number of carbonyl (C=O) groups excluding carboxylic acids is 2. The highest BCUT2D eigenvalue weighted by molar-refractivity contribution is 7.18. The first-order valence-corrected chi connectivity index (χ1v) is 9.34. The highest BCUT2D eigenvalue weighted by atomic mass is 32.1. The average molecular weight is 368 g/mol. The Labute approximate surface area is 156 Å². The molecule has 0 fully saturated rings. The minimum atomic E-state index is -0.181. The van der Waals surface area contributed by atoms with Crippen molar-refractivity contribution in [2.75, 3.05) is 13.2 Å². The number of hydrogen-bond donors (Lipinski definition) is 1. The number of carbonyl (C=O) groups is 2. The quantitative estimate of drug-likeness (QED) is 0.617. The lowest BCUT2D eigenvalue weighted by Gasteiger charge is -2.07. The van der Waals surface area contributed by atoms with Crippen molar-refractivity contribution in [3.05, 3.63) is 59.1 Å². The van der Waals surface area contributed by atoms with E-state index in [-0.39, 0.29) is 18.3 Å². The van der Waals surface area contributed by atoms with Crippen molar-refractivity contribution in [3.63, 3.8) is 0 Å². The molecule has 26 heavy (non-hydrogen) atoms. The van der Waals surface area contributed by atoms with Crippen molar-refractivity contribution in [3.8, 4) is 5.75 Å². The molecule has 3 rings (SSSR count). The number of aromatic nitrogens is 1. The number of benzene rings is 2. The minimum absolute atomic E-state index is 0.0546. The molecule has 1 heterocycles. The molecule has 3 aromatic rings. The van der Waals surface area contributed by atoms with Gasteiger partial charge in [0.2, 0.25) is 0 Å². The zero-order valence-corrected chi connectivity index (χ0v) is 15.3. The number of para-hydroxylation sites is 1. The van der Waals surface area contributed by atoms with Crippen LogP contribution in [0.3, 0.4) is 0 Å². The highest BCUT2D eigenvalue weighted by Gasteiger charge is 2.07. The Morgan fingerprint density at radius 2 is 1.88 bits per heavy atom. The van der Waals surface area contributed by atoms with Crippen LogP contribution < -0.4 is 10.1 Å². The first kappa shape index (κ1) is 18.1. The van der Waals surface area contributed by atoms with Gasteiger partial charge in [0.15, 0.2) is 12.4 Å². The molecule has 0 aliphatic carbocycles. The standard InChI is InChI=1S/C20H20N2O3S/c1-2-17(23)14-7-9-15(10-8-14)25-13-19(24)21-12-11-20-22-16-5-3-4-6-18(16)26-20/h3-10H,2,11-13H2,1H3,(H,21,24). The monoisotopic (exact) mass is 368 g/mol. The molecule has 134 valence electrons. The lowest BCUT2D eigenvalue weighted by atomic mass is 10.1. The number of fused-ring (bicyclic) bond motifs is 1. The van der Waals surface area contributed by atoms with Gasteiger partial charge in [-0.15, -0.1) is 11.3 Å². The summed E-state index contributed by atoms with van der Waals surface area (Å²) in [7, 11) is 0. The second kappa shape index (κ2) is 8.58. The van der Waals surface area contributed by atoms with Crippen LogP contribution in [0.4, 0.5) is 0 Å². The summed E-state index contributed by atoms with van der Waals surface area (Å²) in [6, 6.07) is 14.8. The maximum atomic E-state index is 11.9. The molecule has 6 heteroatoms. The molecular weight excluding hydrogens is 348 g/mol. The molecule has 0 spiro atoms. The Bertz CT molecular complexity index is 870. The number of ether oxygens (including phenoxy) is 1. The Morgan fingerprint density at radius 3 is 2.62 bits per heavy atom. The first-order valence-electron chi connectivity index (χ1n) is 8.53. The minimum Gasteiger partial charge on any atom is -0.484 e. The van der Waals surface area contributed by atoms with Crippen molar-refractivity contribution in [1.82, 2.24) is 10.3 Å². The van der Waals surface area contributed by atoms with Gasteiger partial charge in [-0.2, -0.15) is 0 Å². The van der Waals surface area contributed by atoms with Crippen LogP contribution in [0.2, 0.25) is 0 Å². The fourth-order valence-corrected chi connectivity index (χ4v) is 3.44. The fourth-order valence-electron chi connectivity index (χ4n) is 2.48. The van der Waals surface area contributed by atoms with Gasteiger partial charge in [0.1, 0.15) is 5.75 Å². The number of nitrogens with one attached hydrogen (secondary N) is 1. The van der Waals surface area contributed by atoms with Crippen LogP contribution in [0, 0.1) is 0 Å². The summed E-state index contributed by atoms with van der Waals surface area (Å²) >= 11 is 1.64. The predicted molar refractivity (Wildman–Crippen MR) is 103 cm³/mol. The third-order valence-electron chi connectivity index (χ3n) is 3.87. The van der Waals surface area contributed by atoms with E-state index in [2.05, 4.69) is 10.3 Å². The van der Waals surface area contributed by atoms with Gasteiger partial charge >= 0.3 is 0 Å². The van der Waals surface area contributed by atoms with E-state index in [4.69, 9.17) is 4.74 Å². The van der Waals surface area contributed by atoms with Crippen LogP contribution in [0.5, 0.6) is 5.75 Å².